The predicted octanol–water partition coefficient (Wildman–Crippen LogP) is 2.53. The Hall–Kier alpha value is -1.28. The van der Waals surface area contributed by atoms with Gasteiger partial charge in [0.15, 0.2) is 0 Å². The van der Waals surface area contributed by atoms with Gasteiger partial charge in [-0.2, -0.15) is 0 Å². The lowest BCUT2D eigenvalue weighted by molar-refractivity contribution is 0.588. The minimum absolute atomic E-state index is 0.0846. The lowest BCUT2D eigenvalue weighted by atomic mass is 10.2. The molecule has 1 aromatic carbocycles. The smallest absolute Gasteiger partial charge is 0.242 e. The molecule has 0 atom stereocenters. The molecule has 0 fully saturated rings. The van der Waals surface area contributed by atoms with Crippen molar-refractivity contribution in [2.45, 2.75) is 11.4 Å². The van der Waals surface area contributed by atoms with Crippen LogP contribution in [0.15, 0.2) is 35.2 Å². The minimum atomic E-state index is -3.54. The fourth-order valence-corrected chi connectivity index (χ4v) is 3.87. The summed E-state index contributed by atoms with van der Waals surface area (Å²) in [5.74, 6) is 0. The molecule has 0 saturated carbocycles. The van der Waals surface area contributed by atoms with Gasteiger partial charge in [-0.25, -0.2) is 13.1 Å². The molecule has 114 valence electrons. The third-order valence-electron chi connectivity index (χ3n) is 3.01. The van der Waals surface area contributed by atoms with E-state index in [0.717, 1.165) is 14.9 Å². The number of sulfonamides is 1. The molecule has 0 aliphatic carbocycles. The van der Waals surface area contributed by atoms with Crippen molar-refractivity contribution in [3.63, 3.8) is 0 Å². The number of nitrogens with two attached hydrogens (primary N) is 1. The van der Waals surface area contributed by atoms with Gasteiger partial charge in [0.25, 0.3) is 0 Å². The number of nitrogens with one attached hydrogen (secondary N) is 1. The van der Waals surface area contributed by atoms with Crippen LogP contribution in [0.2, 0.25) is 4.34 Å². The number of rotatable bonds is 5. The second-order valence-electron chi connectivity index (χ2n) is 4.49. The zero-order chi connectivity index (χ0) is 15.6. The van der Waals surface area contributed by atoms with E-state index in [1.165, 1.54) is 24.5 Å². The minimum Gasteiger partial charge on any atom is -0.398 e. The van der Waals surface area contributed by atoms with Crippen LogP contribution in [-0.2, 0) is 16.6 Å². The zero-order valence-electron chi connectivity index (χ0n) is 11.6. The fourth-order valence-electron chi connectivity index (χ4n) is 1.89. The summed E-state index contributed by atoms with van der Waals surface area (Å²) in [7, 11) is -0.268. The quantitative estimate of drug-likeness (QED) is 0.816. The van der Waals surface area contributed by atoms with Gasteiger partial charge >= 0.3 is 0 Å². The molecule has 2 aromatic rings. The Bertz CT molecular complexity index is 744. The van der Waals surface area contributed by atoms with Crippen LogP contribution in [0.5, 0.6) is 0 Å². The van der Waals surface area contributed by atoms with Gasteiger partial charge in [0.05, 0.1) is 16.6 Å². The Morgan fingerprint density at radius 2 is 2.05 bits per heavy atom. The van der Waals surface area contributed by atoms with Crippen LogP contribution < -0.4 is 15.4 Å². The molecule has 1 heterocycles. The first-order valence-electron chi connectivity index (χ1n) is 6.12. The Morgan fingerprint density at radius 1 is 1.33 bits per heavy atom. The summed E-state index contributed by atoms with van der Waals surface area (Å²) in [6.07, 6.45) is 0. The summed E-state index contributed by atoms with van der Waals surface area (Å²) in [4.78, 5) is 3.18. The van der Waals surface area contributed by atoms with Crippen LogP contribution in [0.25, 0.3) is 0 Å². The summed E-state index contributed by atoms with van der Waals surface area (Å²) in [5.41, 5.74) is 6.91. The van der Waals surface area contributed by atoms with Gasteiger partial charge in [-0.15, -0.1) is 11.3 Å². The number of nitrogens with zero attached hydrogens (tertiary/aromatic N) is 1. The molecule has 0 aliphatic rings. The zero-order valence-corrected chi connectivity index (χ0v) is 14.0. The van der Waals surface area contributed by atoms with E-state index >= 15 is 0 Å². The molecule has 21 heavy (non-hydrogen) atoms. The number of benzene rings is 1. The van der Waals surface area contributed by atoms with E-state index in [4.69, 9.17) is 17.3 Å². The maximum atomic E-state index is 11.8. The summed E-state index contributed by atoms with van der Waals surface area (Å²) in [5, 5.41) is 0. The van der Waals surface area contributed by atoms with Crippen LogP contribution >= 0.6 is 22.9 Å². The first-order valence-corrected chi connectivity index (χ1v) is 8.79. The highest BCUT2D eigenvalue weighted by Crippen LogP contribution is 2.27. The van der Waals surface area contributed by atoms with Crippen molar-refractivity contribution < 1.29 is 8.42 Å². The molecule has 3 N–H and O–H groups in total. The molecular weight excluding hydrogens is 330 g/mol. The van der Waals surface area contributed by atoms with Gasteiger partial charge in [-0.05, 0) is 37.4 Å². The van der Waals surface area contributed by atoms with Crippen LogP contribution in [0.1, 0.15) is 4.88 Å². The normalized spacial score (nSPS) is 11.6. The van der Waals surface area contributed by atoms with Crippen molar-refractivity contribution in [3.8, 4) is 0 Å². The summed E-state index contributed by atoms with van der Waals surface area (Å²) >= 11 is 7.42. The molecule has 0 amide bonds. The molecule has 5 nitrogen and oxygen atoms in total. The highest BCUT2D eigenvalue weighted by molar-refractivity contribution is 7.89. The van der Waals surface area contributed by atoms with Crippen molar-refractivity contribution >= 4 is 44.3 Å². The van der Waals surface area contributed by atoms with Crippen molar-refractivity contribution in [1.29, 1.82) is 0 Å². The first-order chi connectivity index (χ1) is 9.83. The third-order valence-corrected chi connectivity index (χ3v) is 5.72. The summed E-state index contributed by atoms with van der Waals surface area (Å²) in [6.45, 7) is 0.676. The Balaban J connectivity index is 2.23. The van der Waals surface area contributed by atoms with Gasteiger partial charge in [0.1, 0.15) is 4.90 Å². The van der Waals surface area contributed by atoms with Gasteiger partial charge in [-0.1, -0.05) is 11.6 Å². The molecule has 0 radical (unpaired) electrons. The highest BCUT2D eigenvalue weighted by Gasteiger charge is 2.16. The Labute approximate surface area is 133 Å². The largest absolute Gasteiger partial charge is 0.398 e. The highest BCUT2D eigenvalue weighted by atomic mass is 35.5. The molecule has 0 aliphatic heterocycles. The molecule has 0 saturated heterocycles. The molecule has 0 bridgehead atoms. The van der Waals surface area contributed by atoms with Crippen LogP contribution in [0, 0.1) is 0 Å². The van der Waals surface area contributed by atoms with E-state index in [1.54, 1.807) is 12.1 Å². The van der Waals surface area contributed by atoms with Crippen molar-refractivity contribution in [3.05, 3.63) is 39.5 Å². The molecule has 1 aromatic heterocycles. The van der Waals surface area contributed by atoms with E-state index in [2.05, 4.69) is 4.72 Å². The average molecular weight is 346 g/mol. The summed E-state index contributed by atoms with van der Waals surface area (Å²) in [6, 6.07) is 8.71. The number of halogens is 1. The first kappa shape index (κ1) is 16.1. The topological polar surface area (TPSA) is 75.4 Å². The third kappa shape index (κ3) is 3.68. The van der Waals surface area contributed by atoms with E-state index in [9.17, 15) is 8.42 Å². The van der Waals surface area contributed by atoms with Gasteiger partial charge in [0, 0.05) is 17.6 Å². The number of thiophene rings is 1. The molecule has 8 heteroatoms. The molecule has 0 spiro atoms. The molecule has 0 unspecified atom stereocenters. The molecule has 2 rings (SSSR count). The maximum Gasteiger partial charge on any atom is 0.242 e. The SMILES string of the molecule is CNS(=O)(=O)c1ccc(N(C)Cc2ccc(Cl)s2)cc1N. The van der Waals surface area contributed by atoms with Crippen LogP contribution in [0.4, 0.5) is 11.4 Å². The Kier molecular flexibility index (Phi) is 4.77. The van der Waals surface area contributed by atoms with Crippen molar-refractivity contribution in [2.24, 2.45) is 0 Å². The number of anilines is 2. The number of hydrogen-bond acceptors (Lipinski definition) is 5. The lowest BCUT2D eigenvalue weighted by Gasteiger charge is -2.19. The fraction of sp³-hybridized carbons (Fsp3) is 0.231. The monoisotopic (exact) mass is 345 g/mol. The second kappa shape index (κ2) is 6.23. The van der Waals surface area contributed by atoms with E-state index in [0.29, 0.717) is 6.54 Å². The standard InChI is InChI=1S/C13H16ClN3O2S2/c1-16-21(18,19)12-5-3-9(7-11(12)15)17(2)8-10-4-6-13(14)20-10/h3-7,16H,8,15H2,1-2H3. The van der Waals surface area contributed by atoms with Crippen LogP contribution in [0.3, 0.4) is 0 Å². The van der Waals surface area contributed by atoms with E-state index < -0.39 is 10.0 Å². The van der Waals surface area contributed by atoms with Gasteiger partial charge < -0.3 is 10.6 Å². The summed E-state index contributed by atoms with van der Waals surface area (Å²) < 4.78 is 26.6. The average Bonchev–Trinajstić information content (AvgIpc) is 2.83. The van der Waals surface area contributed by atoms with Crippen molar-refractivity contribution in [2.75, 3.05) is 24.7 Å². The van der Waals surface area contributed by atoms with Crippen LogP contribution in [-0.4, -0.2) is 22.5 Å². The van der Waals surface area contributed by atoms with Gasteiger partial charge in [0.2, 0.25) is 10.0 Å². The van der Waals surface area contributed by atoms with E-state index in [1.807, 2.05) is 24.1 Å². The Morgan fingerprint density at radius 3 is 2.57 bits per heavy atom. The second-order valence-corrected chi connectivity index (χ2v) is 8.15. The van der Waals surface area contributed by atoms with E-state index in [-0.39, 0.29) is 10.6 Å². The lowest BCUT2D eigenvalue weighted by Crippen LogP contribution is -2.21. The van der Waals surface area contributed by atoms with Gasteiger partial charge in [-0.3, -0.25) is 0 Å². The number of nitrogen functional groups attached to an aromatic ring is 1. The predicted molar refractivity (Wildman–Crippen MR) is 88.5 cm³/mol. The number of hydrogen-bond donors (Lipinski definition) is 2. The van der Waals surface area contributed by atoms with Crippen molar-refractivity contribution in [1.82, 2.24) is 4.72 Å². The maximum absolute atomic E-state index is 11.8. The molecular formula is C13H16ClN3O2S2.